The van der Waals surface area contributed by atoms with Gasteiger partial charge in [0.15, 0.2) is 0 Å². The molecule has 1 rings (SSSR count). The monoisotopic (exact) mass is 269 g/mol. The second kappa shape index (κ2) is 8.11. The molecule has 0 unspecified atom stereocenters. The average Bonchev–Trinajstić information content (AvgIpc) is 2.36. The molecule has 1 amide bonds. The van der Waals surface area contributed by atoms with Gasteiger partial charge in [0, 0.05) is 24.6 Å². The Bertz CT molecular complexity index is 393. The van der Waals surface area contributed by atoms with Crippen molar-refractivity contribution < 1.29 is 9.53 Å². The maximum absolute atomic E-state index is 11.8. The van der Waals surface area contributed by atoms with Gasteiger partial charge in [0.25, 0.3) is 5.91 Å². The topological polar surface area (TPSA) is 38.3 Å². The van der Waals surface area contributed by atoms with Crippen LogP contribution in [0.2, 0.25) is 0 Å². The molecule has 0 aliphatic carbocycles. The molecule has 0 spiro atoms. The molecule has 0 saturated heterocycles. The fraction of sp³-hybridized carbons (Fsp3) is 0.500. The Labute approximate surface area is 113 Å². The average molecular weight is 270 g/mol. The van der Waals surface area contributed by atoms with Gasteiger partial charge < -0.3 is 10.1 Å². The fourth-order valence-corrected chi connectivity index (χ4v) is 1.63. The Morgan fingerprint density at radius 2 is 2.06 bits per heavy atom. The number of carbonyl (C=O) groups excluding carboxylic acids is 1. The molecule has 0 aromatic heterocycles. The van der Waals surface area contributed by atoms with E-state index in [0.717, 1.165) is 12.0 Å². The molecule has 1 aromatic rings. The van der Waals surface area contributed by atoms with Crippen molar-refractivity contribution in [2.75, 3.05) is 25.6 Å². The summed E-state index contributed by atoms with van der Waals surface area (Å²) in [6.45, 7) is 5.85. The summed E-state index contributed by atoms with van der Waals surface area (Å²) in [5.41, 5.74) is 3.04. The molecule has 100 valence electrons. The van der Waals surface area contributed by atoms with Crippen molar-refractivity contribution in [1.29, 1.82) is 0 Å². The molecule has 0 fully saturated rings. The van der Waals surface area contributed by atoms with Gasteiger partial charge in [-0.1, -0.05) is 6.07 Å². The number of halogens is 1. The Hall–Kier alpha value is -1.06. The Morgan fingerprint density at radius 3 is 2.72 bits per heavy atom. The molecule has 1 N–H and O–H groups in total. The molecule has 0 heterocycles. The van der Waals surface area contributed by atoms with E-state index in [1.165, 1.54) is 5.56 Å². The first-order chi connectivity index (χ1) is 8.65. The van der Waals surface area contributed by atoms with E-state index < -0.39 is 0 Å². The Balaban J connectivity index is 2.30. The van der Waals surface area contributed by atoms with Gasteiger partial charge >= 0.3 is 0 Å². The minimum absolute atomic E-state index is 0.0320. The van der Waals surface area contributed by atoms with Gasteiger partial charge in [-0.15, -0.1) is 11.6 Å². The van der Waals surface area contributed by atoms with Crippen molar-refractivity contribution in [2.45, 2.75) is 20.3 Å². The highest BCUT2D eigenvalue weighted by Crippen LogP contribution is 2.09. The van der Waals surface area contributed by atoms with Crippen molar-refractivity contribution in [1.82, 2.24) is 5.32 Å². The van der Waals surface area contributed by atoms with Crippen LogP contribution in [0.1, 0.15) is 27.9 Å². The first kappa shape index (κ1) is 15.0. The Morgan fingerprint density at radius 1 is 1.28 bits per heavy atom. The number of ether oxygens (including phenoxy) is 1. The molecule has 3 nitrogen and oxygen atoms in total. The molecule has 0 radical (unpaired) electrons. The smallest absolute Gasteiger partial charge is 0.251 e. The van der Waals surface area contributed by atoms with E-state index in [4.69, 9.17) is 16.3 Å². The maximum atomic E-state index is 11.8. The van der Waals surface area contributed by atoms with Crippen LogP contribution in [0.15, 0.2) is 18.2 Å². The van der Waals surface area contributed by atoms with Crippen LogP contribution in [-0.2, 0) is 4.74 Å². The lowest BCUT2D eigenvalue weighted by molar-refractivity contribution is 0.0944. The molecule has 0 bridgehead atoms. The number of alkyl halides is 1. The molecule has 0 saturated carbocycles. The summed E-state index contributed by atoms with van der Waals surface area (Å²) >= 11 is 5.48. The predicted octanol–water partition coefficient (Wildman–Crippen LogP) is 2.68. The number of carbonyl (C=O) groups is 1. The van der Waals surface area contributed by atoms with Gasteiger partial charge in [-0.25, -0.2) is 0 Å². The number of rotatable bonds is 7. The fourth-order valence-electron chi connectivity index (χ4n) is 1.52. The van der Waals surface area contributed by atoms with Crippen LogP contribution in [0.3, 0.4) is 0 Å². The van der Waals surface area contributed by atoms with E-state index in [9.17, 15) is 4.79 Å². The summed E-state index contributed by atoms with van der Waals surface area (Å²) < 4.78 is 5.22. The molecular weight excluding hydrogens is 250 g/mol. The first-order valence-electron chi connectivity index (χ1n) is 6.14. The molecule has 0 aliphatic rings. The molecule has 18 heavy (non-hydrogen) atoms. The van der Waals surface area contributed by atoms with Crippen molar-refractivity contribution in [3.8, 4) is 0 Å². The van der Waals surface area contributed by atoms with E-state index in [1.807, 2.05) is 32.0 Å². The van der Waals surface area contributed by atoms with Crippen molar-refractivity contribution in [2.24, 2.45) is 0 Å². The van der Waals surface area contributed by atoms with E-state index in [2.05, 4.69) is 5.32 Å². The number of benzene rings is 1. The predicted molar refractivity (Wildman–Crippen MR) is 74.4 cm³/mol. The van der Waals surface area contributed by atoms with Crippen LogP contribution in [-0.4, -0.2) is 31.5 Å². The molecule has 0 atom stereocenters. The lowest BCUT2D eigenvalue weighted by Crippen LogP contribution is -2.25. The van der Waals surface area contributed by atoms with E-state index in [0.29, 0.717) is 31.2 Å². The van der Waals surface area contributed by atoms with Gasteiger partial charge in [0.1, 0.15) is 0 Å². The Kier molecular flexibility index (Phi) is 6.76. The van der Waals surface area contributed by atoms with Crippen molar-refractivity contribution >= 4 is 17.5 Å². The second-order valence-electron chi connectivity index (χ2n) is 4.21. The summed E-state index contributed by atoms with van der Waals surface area (Å²) in [5, 5.41) is 2.87. The van der Waals surface area contributed by atoms with Crippen LogP contribution in [0.25, 0.3) is 0 Å². The normalized spacial score (nSPS) is 10.4. The maximum Gasteiger partial charge on any atom is 0.251 e. The van der Waals surface area contributed by atoms with Crippen LogP contribution in [0.5, 0.6) is 0 Å². The third-order valence-electron chi connectivity index (χ3n) is 2.74. The summed E-state index contributed by atoms with van der Waals surface area (Å²) in [4.78, 5) is 11.8. The largest absolute Gasteiger partial charge is 0.380 e. The highest BCUT2D eigenvalue weighted by Gasteiger charge is 2.05. The molecule has 0 aliphatic heterocycles. The van der Waals surface area contributed by atoms with Gasteiger partial charge in [0.2, 0.25) is 0 Å². The zero-order valence-electron chi connectivity index (χ0n) is 11.0. The van der Waals surface area contributed by atoms with E-state index in [-0.39, 0.29) is 5.91 Å². The third kappa shape index (κ3) is 5.07. The molecular formula is C14H20ClNO2. The van der Waals surface area contributed by atoms with Gasteiger partial charge in [-0.3, -0.25) is 4.79 Å². The van der Waals surface area contributed by atoms with E-state index in [1.54, 1.807) is 0 Å². The van der Waals surface area contributed by atoms with Crippen LogP contribution >= 0.6 is 11.6 Å². The zero-order valence-corrected chi connectivity index (χ0v) is 11.7. The van der Waals surface area contributed by atoms with Gasteiger partial charge in [-0.05, 0) is 43.5 Å². The van der Waals surface area contributed by atoms with Crippen molar-refractivity contribution in [3.63, 3.8) is 0 Å². The summed E-state index contributed by atoms with van der Waals surface area (Å²) in [6.07, 6.45) is 0.799. The summed E-state index contributed by atoms with van der Waals surface area (Å²) in [5.74, 6) is 0.477. The first-order valence-corrected chi connectivity index (χ1v) is 6.67. The molecule has 1 aromatic carbocycles. The van der Waals surface area contributed by atoms with Gasteiger partial charge in [0.05, 0.1) is 6.61 Å². The molecule has 4 heteroatoms. The number of hydrogen-bond acceptors (Lipinski definition) is 2. The lowest BCUT2D eigenvalue weighted by atomic mass is 10.1. The minimum atomic E-state index is -0.0320. The van der Waals surface area contributed by atoms with Gasteiger partial charge in [-0.2, -0.15) is 0 Å². The SMILES string of the molecule is Cc1ccc(C(=O)NCCCOCCCl)cc1C. The highest BCUT2D eigenvalue weighted by molar-refractivity contribution is 6.17. The van der Waals surface area contributed by atoms with E-state index >= 15 is 0 Å². The number of hydrogen-bond donors (Lipinski definition) is 1. The second-order valence-corrected chi connectivity index (χ2v) is 4.59. The zero-order chi connectivity index (χ0) is 13.4. The summed E-state index contributed by atoms with van der Waals surface area (Å²) in [6, 6.07) is 5.73. The number of amides is 1. The van der Waals surface area contributed by atoms with Crippen LogP contribution < -0.4 is 5.32 Å². The highest BCUT2D eigenvalue weighted by atomic mass is 35.5. The van der Waals surface area contributed by atoms with Crippen molar-refractivity contribution in [3.05, 3.63) is 34.9 Å². The quantitative estimate of drug-likeness (QED) is 0.611. The standard InChI is InChI=1S/C14H20ClNO2/c1-11-4-5-13(10-12(11)2)14(17)16-7-3-8-18-9-6-15/h4-5,10H,3,6-9H2,1-2H3,(H,16,17). The number of aryl methyl sites for hydroxylation is 2. The summed E-state index contributed by atoms with van der Waals surface area (Å²) in [7, 11) is 0. The third-order valence-corrected chi connectivity index (χ3v) is 2.90. The number of nitrogens with one attached hydrogen (secondary N) is 1. The van der Waals surface area contributed by atoms with Crippen LogP contribution in [0.4, 0.5) is 0 Å². The lowest BCUT2D eigenvalue weighted by Gasteiger charge is -2.07. The van der Waals surface area contributed by atoms with Crippen LogP contribution in [0, 0.1) is 13.8 Å². The minimum Gasteiger partial charge on any atom is -0.380 e.